The lowest BCUT2D eigenvalue weighted by atomic mass is 10.1. The van der Waals surface area contributed by atoms with Gasteiger partial charge < -0.3 is 14.7 Å². The van der Waals surface area contributed by atoms with Crippen LogP contribution < -0.4 is 5.32 Å². The summed E-state index contributed by atoms with van der Waals surface area (Å²) >= 11 is 7.25. The van der Waals surface area contributed by atoms with Crippen molar-refractivity contribution in [1.82, 2.24) is 20.0 Å². The Hall–Kier alpha value is -2.78. The van der Waals surface area contributed by atoms with Gasteiger partial charge in [0.2, 0.25) is 23.5 Å². The van der Waals surface area contributed by atoms with Gasteiger partial charge in [-0.3, -0.25) is 9.59 Å². The van der Waals surface area contributed by atoms with Crippen LogP contribution in [0.5, 0.6) is 0 Å². The van der Waals surface area contributed by atoms with Crippen molar-refractivity contribution in [2.45, 2.75) is 38.1 Å². The number of amides is 2. The minimum atomic E-state index is -0.443. The fraction of sp³-hybridized carbons (Fsp3) is 0.350. The lowest BCUT2D eigenvalue weighted by Gasteiger charge is -2.23. The van der Waals surface area contributed by atoms with Crippen LogP contribution in [0, 0.1) is 0 Å². The maximum atomic E-state index is 12.7. The van der Waals surface area contributed by atoms with E-state index in [4.69, 9.17) is 16.1 Å². The number of benzene rings is 1. The van der Waals surface area contributed by atoms with Gasteiger partial charge in [-0.15, -0.1) is 11.3 Å². The number of carbonyl (C=O) groups is 2. The molecule has 3 heterocycles. The summed E-state index contributed by atoms with van der Waals surface area (Å²) in [7, 11) is 0. The van der Waals surface area contributed by atoms with Crippen LogP contribution in [0.15, 0.2) is 40.4 Å². The smallest absolute Gasteiger partial charge is 0.248 e. The molecule has 1 unspecified atom stereocenters. The van der Waals surface area contributed by atoms with Crippen LogP contribution in [-0.2, 0) is 16.0 Å². The van der Waals surface area contributed by atoms with Crippen LogP contribution in [0.25, 0.3) is 11.4 Å². The summed E-state index contributed by atoms with van der Waals surface area (Å²) < 4.78 is 5.29. The summed E-state index contributed by atoms with van der Waals surface area (Å²) in [5, 5.41) is 9.75. The summed E-state index contributed by atoms with van der Waals surface area (Å²) in [6.07, 6.45) is 4.49. The Kier molecular flexibility index (Phi) is 6.39. The van der Waals surface area contributed by atoms with Crippen molar-refractivity contribution in [3.63, 3.8) is 0 Å². The maximum absolute atomic E-state index is 12.7. The molecule has 1 N–H and O–H groups in total. The molecular formula is C20H20ClN5O3S. The number of aromatic nitrogens is 3. The van der Waals surface area contributed by atoms with Crippen LogP contribution in [0.1, 0.15) is 31.6 Å². The van der Waals surface area contributed by atoms with Crippen molar-refractivity contribution >= 4 is 39.9 Å². The van der Waals surface area contributed by atoms with Gasteiger partial charge in [-0.2, -0.15) is 4.98 Å². The molecule has 10 heteroatoms. The van der Waals surface area contributed by atoms with E-state index in [0.717, 1.165) is 12.0 Å². The van der Waals surface area contributed by atoms with E-state index < -0.39 is 6.04 Å². The molecule has 30 heavy (non-hydrogen) atoms. The minimum absolute atomic E-state index is 0.0378. The number of likely N-dealkylation sites (tertiary alicyclic amines) is 1. The van der Waals surface area contributed by atoms with Crippen LogP contribution >= 0.6 is 22.9 Å². The lowest BCUT2D eigenvalue weighted by Crippen LogP contribution is -2.43. The van der Waals surface area contributed by atoms with E-state index in [2.05, 4.69) is 20.4 Å². The predicted octanol–water partition coefficient (Wildman–Crippen LogP) is 3.80. The minimum Gasteiger partial charge on any atom is -0.339 e. The van der Waals surface area contributed by atoms with Gasteiger partial charge in [0, 0.05) is 41.5 Å². The van der Waals surface area contributed by atoms with Crippen molar-refractivity contribution in [2.75, 3.05) is 11.9 Å². The third kappa shape index (κ3) is 4.85. The average Bonchev–Trinajstić information content (AvgIpc) is 3.50. The number of aryl methyl sites for hydroxylation is 1. The molecule has 0 radical (unpaired) electrons. The molecule has 3 aromatic rings. The first-order valence-corrected chi connectivity index (χ1v) is 10.9. The molecule has 0 spiro atoms. The Morgan fingerprint density at radius 3 is 2.90 bits per heavy atom. The molecule has 1 saturated heterocycles. The summed E-state index contributed by atoms with van der Waals surface area (Å²) in [6, 6.07) is 6.74. The Balaban J connectivity index is 1.28. The van der Waals surface area contributed by atoms with E-state index in [0.29, 0.717) is 54.1 Å². The van der Waals surface area contributed by atoms with Gasteiger partial charge >= 0.3 is 0 Å². The summed E-state index contributed by atoms with van der Waals surface area (Å²) in [5.41, 5.74) is 0.816. The fourth-order valence-corrected chi connectivity index (χ4v) is 4.08. The van der Waals surface area contributed by atoms with Gasteiger partial charge in [-0.05, 0) is 43.5 Å². The summed E-state index contributed by atoms with van der Waals surface area (Å²) in [5.74, 6) is 0.753. The topological polar surface area (TPSA) is 101 Å². The number of hydrogen-bond acceptors (Lipinski definition) is 7. The second-order valence-electron chi connectivity index (χ2n) is 6.94. The molecule has 1 fully saturated rings. The van der Waals surface area contributed by atoms with Crippen LogP contribution in [0.4, 0.5) is 5.13 Å². The van der Waals surface area contributed by atoms with Crippen molar-refractivity contribution in [1.29, 1.82) is 0 Å². The molecular weight excluding hydrogens is 426 g/mol. The average molecular weight is 446 g/mol. The second-order valence-corrected chi connectivity index (χ2v) is 8.27. The molecule has 2 aromatic heterocycles. The molecule has 8 nitrogen and oxygen atoms in total. The largest absolute Gasteiger partial charge is 0.339 e. The summed E-state index contributed by atoms with van der Waals surface area (Å²) in [6.45, 7) is 0.593. The molecule has 0 aliphatic carbocycles. The number of halogens is 1. The van der Waals surface area contributed by atoms with Gasteiger partial charge in [-0.1, -0.05) is 16.8 Å². The zero-order valence-electron chi connectivity index (χ0n) is 16.1. The molecule has 1 aliphatic heterocycles. The predicted molar refractivity (Wildman–Crippen MR) is 113 cm³/mol. The van der Waals surface area contributed by atoms with E-state index in [9.17, 15) is 9.59 Å². The zero-order valence-corrected chi connectivity index (χ0v) is 17.7. The quantitative estimate of drug-likeness (QED) is 0.593. The first-order valence-electron chi connectivity index (χ1n) is 9.68. The number of rotatable bonds is 7. The first-order chi connectivity index (χ1) is 14.6. The molecule has 0 saturated carbocycles. The zero-order chi connectivity index (χ0) is 20.9. The van der Waals surface area contributed by atoms with E-state index in [-0.39, 0.29) is 11.8 Å². The highest BCUT2D eigenvalue weighted by molar-refractivity contribution is 7.13. The van der Waals surface area contributed by atoms with Gasteiger partial charge in [0.15, 0.2) is 5.13 Å². The standard InChI is InChI=1S/C20H20ClN5O3S/c21-14-8-6-13(7-9-14)18-23-16(29-25-18)4-1-5-17(27)26-11-2-3-15(26)19(28)24-20-22-10-12-30-20/h6-10,12,15H,1-5,11H2,(H,22,24,28). The van der Waals surface area contributed by atoms with Crippen molar-refractivity contribution in [3.05, 3.63) is 46.8 Å². The number of thiazole rings is 1. The lowest BCUT2D eigenvalue weighted by molar-refractivity contribution is -0.136. The molecule has 0 bridgehead atoms. The molecule has 1 atom stereocenters. The van der Waals surface area contributed by atoms with Gasteiger partial charge in [0.05, 0.1) is 0 Å². The van der Waals surface area contributed by atoms with Crippen molar-refractivity contribution in [3.8, 4) is 11.4 Å². The number of nitrogens with zero attached hydrogens (tertiary/aromatic N) is 4. The Morgan fingerprint density at radius 2 is 2.13 bits per heavy atom. The fourth-order valence-electron chi connectivity index (χ4n) is 3.42. The van der Waals surface area contributed by atoms with Crippen LogP contribution in [0.3, 0.4) is 0 Å². The van der Waals surface area contributed by atoms with Crippen LogP contribution in [0.2, 0.25) is 5.02 Å². The Labute approximate surface area is 182 Å². The van der Waals surface area contributed by atoms with Gasteiger partial charge in [0.1, 0.15) is 6.04 Å². The molecule has 4 rings (SSSR count). The first kappa shape index (κ1) is 20.5. The van der Waals surface area contributed by atoms with Gasteiger partial charge in [-0.25, -0.2) is 4.98 Å². The highest BCUT2D eigenvalue weighted by atomic mass is 35.5. The summed E-state index contributed by atoms with van der Waals surface area (Å²) in [4.78, 5) is 35.3. The van der Waals surface area contributed by atoms with Crippen LogP contribution in [-0.4, -0.2) is 44.4 Å². The number of hydrogen-bond donors (Lipinski definition) is 1. The highest BCUT2D eigenvalue weighted by Gasteiger charge is 2.34. The SMILES string of the molecule is O=C(Nc1nccs1)C1CCCN1C(=O)CCCc1nc(-c2ccc(Cl)cc2)no1. The second kappa shape index (κ2) is 9.36. The number of carbonyl (C=O) groups excluding carboxylic acids is 2. The van der Waals surface area contributed by atoms with E-state index in [1.54, 1.807) is 28.6 Å². The van der Waals surface area contributed by atoms with E-state index in [1.807, 2.05) is 12.1 Å². The Morgan fingerprint density at radius 1 is 1.30 bits per heavy atom. The third-order valence-electron chi connectivity index (χ3n) is 4.89. The molecule has 2 amide bonds. The third-order valence-corrected chi connectivity index (χ3v) is 5.83. The number of anilines is 1. The van der Waals surface area contributed by atoms with Crippen molar-refractivity contribution < 1.29 is 14.1 Å². The highest BCUT2D eigenvalue weighted by Crippen LogP contribution is 2.22. The maximum Gasteiger partial charge on any atom is 0.248 e. The molecule has 1 aromatic carbocycles. The monoisotopic (exact) mass is 445 g/mol. The normalized spacial score (nSPS) is 16.0. The van der Waals surface area contributed by atoms with E-state index in [1.165, 1.54) is 11.3 Å². The van der Waals surface area contributed by atoms with Crippen molar-refractivity contribution in [2.24, 2.45) is 0 Å². The number of nitrogens with one attached hydrogen (secondary N) is 1. The van der Waals surface area contributed by atoms with Gasteiger partial charge in [0.25, 0.3) is 0 Å². The molecule has 1 aliphatic rings. The Bertz CT molecular complexity index is 1010. The molecule has 156 valence electrons. The van der Waals surface area contributed by atoms with E-state index >= 15 is 0 Å².